The fraction of sp³-hybridized carbons (Fsp3) is 0.348. The number of para-hydroxylation sites is 3. The van der Waals surface area contributed by atoms with Gasteiger partial charge in [0.15, 0.2) is 5.16 Å². The molecule has 158 valence electrons. The normalized spacial score (nSPS) is 13.1. The summed E-state index contributed by atoms with van der Waals surface area (Å²) in [5.41, 5.74) is 1.19. The monoisotopic (exact) mass is 425 g/mol. The number of anilines is 1. The first kappa shape index (κ1) is 21.9. The molecule has 7 heteroatoms. The van der Waals surface area contributed by atoms with Crippen molar-refractivity contribution >= 4 is 34.3 Å². The van der Waals surface area contributed by atoms with Crippen LogP contribution in [0, 0.1) is 0 Å². The Labute approximate surface area is 180 Å². The number of hydrogen-bond acceptors (Lipinski definition) is 5. The second-order valence-electron chi connectivity index (χ2n) is 7.02. The summed E-state index contributed by atoms with van der Waals surface area (Å²) in [6.45, 7) is 8.24. The van der Waals surface area contributed by atoms with Crippen molar-refractivity contribution in [3.05, 3.63) is 58.9 Å². The summed E-state index contributed by atoms with van der Waals surface area (Å²) in [5, 5.41) is 3.61. The van der Waals surface area contributed by atoms with E-state index in [-0.39, 0.29) is 17.5 Å². The van der Waals surface area contributed by atoms with Crippen LogP contribution in [-0.4, -0.2) is 27.3 Å². The van der Waals surface area contributed by atoms with Gasteiger partial charge in [-0.15, -0.1) is 0 Å². The van der Waals surface area contributed by atoms with E-state index in [4.69, 9.17) is 9.72 Å². The van der Waals surface area contributed by atoms with E-state index in [1.165, 1.54) is 11.8 Å². The van der Waals surface area contributed by atoms with Gasteiger partial charge < -0.3 is 10.1 Å². The molecule has 0 saturated carbocycles. The van der Waals surface area contributed by atoms with Crippen molar-refractivity contribution in [1.82, 2.24) is 9.55 Å². The molecule has 1 aromatic heterocycles. The Morgan fingerprint density at radius 2 is 1.83 bits per heavy atom. The first-order valence-corrected chi connectivity index (χ1v) is 11.0. The Kier molecular flexibility index (Phi) is 7.15. The second-order valence-corrected chi connectivity index (χ2v) is 8.33. The van der Waals surface area contributed by atoms with E-state index in [1.807, 2.05) is 70.2 Å². The van der Waals surface area contributed by atoms with Crippen LogP contribution in [0.2, 0.25) is 0 Å². The number of rotatable bonds is 8. The third kappa shape index (κ3) is 4.67. The van der Waals surface area contributed by atoms with Crippen LogP contribution in [0.15, 0.2) is 58.5 Å². The SMILES string of the molecule is CCOc1ccccc1NC(=O)[C@@H](C)Sc1nc2ccccc2c(=O)n1[C@H](C)CC. The minimum absolute atomic E-state index is 0.0222. The predicted molar refractivity (Wildman–Crippen MR) is 123 cm³/mol. The number of nitrogens with one attached hydrogen (secondary N) is 1. The van der Waals surface area contributed by atoms with E-state index in [2.05, 4.69) is 5.32 Å². The first-order valence-electron chi connectivity index (χ1n) is 10.2. The fourth-order valence-electron chi connectivity index (χ4n) is 3.08. The average Bonchev–Trinajstić information content (AvgIpc) is 2.75. The van der Waals surface area contributed by atoms with Crippen LogP contribution >= 0.6 is 11.8 Å². The van der Waals surface area contributed by atoms with Gasteiger partial charge in [0.1, 0.15) is 5.75 Å². The molecule has 1 heterocycles. The predicted octanol–water partition coefficient (Wildman–Crippen LogP) is 4.89. The molecular formula is C23H27N3O3S. The van der Waals surface area contributed by atoms with E-state index < -0.39 is 5.25 Å². The maximum Gasteiger partial charge on any atom is 0.262 e. The highest BCUT2D eigenvalue weighted by atomic mass is 32.2. The lowest BCUT2D eigenvalue weighted by Crippen LogP contribution is -2.28. The molecule has 0 fully saturated rings. The summed E-state index contributed by atoms with van der Waals surface area (Å²) >= 11 is 1.29. The Hall–Kier alpha value is -2.80. The van der Waals surface area contributed by atoms with Crippen molar-refractivity contribution < 1.29 is 9.53 Å². The van der Waals surface area contributed by atoms with E-state index in [1.54, 1.807) is 10.6 Å². The summed E-state index contributed by atoms with van der Waals surface area (Å²) in [6, 6.07) is 14.6. The number of hydrogen-bond donors (Lipinski definition) is 1. The Bertz CT molecular complexity index is 1100. The second kappa shape index (κ2) is 9.80. The maximum absolute atomic E-state index is 13.1. The van der Waals surface area contributed by atoms with Crippen molar-refractivity contribution in [3.8, 4) is 5.75 Å². The van der Waals surface area contributed by atoms with Crippen LogP contribution in [-0.2, 0) is 4.79 Å². The van der Waals surface area contributed by atoms with Crippen LogP contribution in [0.5, 0.6) is 5.75 Å². The molecule has 1 amide bonds. The molecule has 0 saturated heterocycles. The zero-order chi connectivity index (χ0) is 21.7. The zero-order valence-electron chi connectivity index (χ0n) is 17.7. The Morgan fingerprint density at radius 3 is 2.57 bits per heavy atom. The van der Waals surface area contributed by atoms with Gasteiger partial charge in [-0.25, -0.2) is 4.98 Å². The van der Waals surface area contributed by atoms with Gasteiger partial charge in [-0.1, -0.05) is 43.0 Å². The molecule has 2 aromatic carbocycles. The van der Waals surface area contributed by atoms with E-state index in [0.717, 1.165) is 6.42 Å². The van der Waals surface area contributed by atoms with Crippen molar-refractivity contribution in [1.29, 1.82) is 0 Å². The lowest BCUT2D eigenvalue weighted by Gasteiger charge is -2.20. The van der Waals surface area contributed by atoms with Crippen LogP contribution in [0.3, 0.4) is 0 Å². The Balaban J connectivity index is 1.90. The third-order valence-corrected chi connectivity index (χ3v) is 5.97. The molecule has 0 spiro atoms. The minimum Gasteiger partial charge on any atom is -0.492 e. The summed E-state index contributed by atoms with van der Waals surface area (Å²) in [7, 11) is 0. The molecule has 6 nitrogen and oxygen atoms in total. The van der Waals surface area contributed by atoms with Gasteiger partial charge in [0, 0.05) is 6.04 Å². The number of carbonyl (C=O) groups is 1. The quantitative estimate of drug-likeness (QED) is 0.411. The smallest absolute Gasteiger partial charge is 0.262 e. The lowest BCUT2D eigenvalue weighted by molar-refractivity contribution is -0.115. The summed E-state index contributed by atoms with van der Waals surface area (Å²) in [5.74, 6) is 0.455. The van der Waals surface area contributed by atoms with Gasteiger partial charge in [0.25, 0.3) is 5.56 Å². The Morgan fingerprint density at radius 1 is 1.13 bits per heavy atom. The minimum atomic E-state index is -0.456. The largest absolute Gasteiger partial charge is 0.492 e. The molecule has 30 heavy (non-hydrogen) atoms. The van der Waals surface area contributed by atoms with E-state index in [0.29, 0.717) is 34.1 Å². The summed E-state index contributed by atoms with van der Waals surface area (Å²) in [4.78, 5) is 30.7. The number of benzene rings is 2. The average molecular weight is 426 g/mol. The number of nitrogens with zero attached hydrogens (tertiary/aromatic N) is 2. The van der Waals surface area contributed by atoms with Crippen LogP contribution < -0.4 is 15.6 Å². The zero-order valence-corrected chi connectivity index (χ0v) is 18.5. The molecule has 1 N–H and O–H groups in total. The molecule has 0 unspecified atom stereocenters. The van der Waals surface area contributed by atoms with E-state index in [9.17, 15) is 9.59 Å². The topological polar surface area (TPSA) is 73.2 Å². The molecule has 3 aromatic rings. The fourth-order valence-corrected chi connectivity index (χ4v) is 4.09. The molecule has 0 radical (unpaired) electrons. The highest BCUT2D eigenvalue weighted by Gasteiger charge is 2.22. The molecule has 0 bridgehead atoms. The van der Waals surface area contributed by atoms with Crippen LogP contribution in [0.25, 0.3) is 10.9 Å². The van der Waals surface area contributed by atoms with Crippen LogP contribution in [0.1, 0.15) is 40.2 Å². The van der Waals surface area contributed by atoms with Gasteiger partial charge >= 0.3 is 0 Å². The van der Waals surface area contributed by atoms with Gasteiger partial charge in [-0.05, 0) is 51.5 Å². The van der Waals surface area contributed by atoms with Gasteiger partial charge in [0.2, 0.25) is 5.91 Å². The van der Waals surface area contributed by atoms with Crippen molar-refractivity contribution in [2.45, 2.75) is 50.6 Å². The van der Waals surface area contributed by atoms with Crippen molar-refractivity contribution in [2.24, 2.45) is 0 Å². The molecule has 0 aliphatic rings. The van der Waals surface area contributed by atoms with Gasteiger partial charge in [-0.3, -0.25) is 14.2 Å². The summed E-state index contributed by atoms with van der Waals surface area (Å²) < 4.78 is 7.28. The van der Waals surface area contributed by atoms with Crippen molar-refractivity contribution in [2.75, 3.05) is 11.9 Å². The maximum atomic E-state index is 13.1. The number of fused-ring (bicyclic) bond motifs is 1. The standard InChI is InChI=1S/C23H27N3O3S/c1-5-15(3)26-22(28)17-11-7-8-12-18(17)25-23(26)30-16(4)21(27)24-19-13-9-10-14-20(19)29-6-2/h7-16H,5-6H2,1-4H3,(H,24,27)/t15-,16-/m1/s1. The number of aromatic nitrogens is 2. The molecule has 0 aliphatic heterocycles. The number of amides is 1. The molecule has 3 rings (SSSR count). The highest BCUT2D eigenvalue weighted by molar-refractivity contribution is 8.00. The molecule has 2 atom stereocenters. The van der Waals surface area contributed by atoms with Crippen LogP contribution in [0.4, 0.5) is 5.69 Å². The van der Waals surface area contributed by atoms with Gasteiger partial charge in [0.05, 0.1) is 28.4 Å². The first-order chi connectivity index (χ1) is 14.5. The van der Waals surface area contributed by atoms with E-state index >= 15 is 0 Å². The number of ether oxygens (including phenoxy) is 1. The van der Waals surface area contributed by atoms with Gasteiger partial charge in [-0.2, -0.15) is 0 Å². The number of carbonyl (C=O) groups excluding carboxylic acids is 1. The number of thioether (sulfide) groups is 1. The highest BCUT2D eigenvalue weighted by Crippen LogP contribution is 2.28. The third-order valence-electron chi connectivity index (χ3n) is 4.90. The lowest BCUT2D eigenvalue weighted by atomic mass is 10.2. The molecular weight excluding hydrogens is 398 g/mol. The summed E-state index contributed by atoms with van der Waals surface area (Å²) in [6.07, 6.45) is 0.787. The van der Waals surface area contributed by atoms with Crippen molar-refractivity contribution in [3.63, 3.8) is 0 Å². The molecule has 0 aliphatic carbocycles.